The molecule has 2 aliphatic heterocycles. The molecule has 0 amide bonds. The number of ether oxygens (including phenoxy) is 1. The first-order valence-electron chi connectivity index (χ1n) is 6.23. The van der Waals surface area contributed by atoms with Gasteiger partial charge in [0.25, 0.3) is 0 Å². The van der Waals surface area contributed by atoms with Gasteiger partial charge in [0, 0.05) is 12.6 Å². The zero-order valence-corrected chi connectivity index (χ0v) is 10.4. The maximum atomic E-state index is 12.0. The van der Waals surface area contributed by atoms with Crippen LogP contribution in [0, 0.1) is 12.3 Å². The first-order valence-corrected chi connectivity index (χ1v) is 6.23. The van der Waals surface area contributed by atoms with E-state index in [9.17, 15) is 4.79 Å². The molecule has 0 radical (unpaired) electrons. The van der Waals surface area contributed by atoms with Gasteiger partial charge in [0.15, 0.2) is 0 Å². The summed E-state index contributed by atoms with van der Waals surface area (Å²) in [5.41, 5.74) is -0.563. The van der Waals surface area contributed by atoms with Crippen molar-refractivity contribution in [1.29, 1.82) is 0 Å². The molecule has 17 heavy (non-hydrogen) atoms. The van der Waals surface area contributed by atoms with Gasteiger partial charge in [-0.2, -0.15) is 0 Å². The predicted molar refractivity (Wildman–Crippen MR) is 65.4 cm³/mol. The van der Waals surface area contributed by atoms with E-state index in [0.717, 1.165) is 25.9 Å². The highest BCUT2D eigenvalue weighted by molar-refractivity contribution is 5.81. The van der Waals surface area contributed by atoms with E-state index in [1.54, 1.807) is 0 Å². The van der Waals surface area contributed by atoms with Gasteiger partial charge in [0.05, 0.1) is 13.7 Å². The molecule has 0 saturated carbocycles. The molecule has 2 saturated heterocycles. The molecule has 1 N–H and O–H groups in total. The Balaban J connectivity index is 2.11. The van der Waals surface area contributed by atoms with Gasteiger partial charge in [-0.25, -0.2) is 0 Å². The third-order valence-electron chi connectivity index (χ3n) is 4.01. The van der Waals surface area contributed by atoms with E-state index < -0.39 is 5.54 Å². The molecular weight excluding hydrogens is 216 g/mol. The molecule has 0 aromatic carbocycles. The summed E-state index contributed by atoms with van der Waals surface area (Å²) in [5, 5.41) is 3.21. The fourth-order valence-corrected chi connectivity index (χ4v) is 3.09. The number of hydrogen-bond acceptors (Lipinski definition) is 4. The van der Waals surface area contributed by atoms with Crippen molar-refractivity contribution in [1.82, 2.24) is 10.2 Å². The Morgan fingerprint density at radius 1 is 1.65 bits per heavy atom. The Kier molecular flexibility index (Phi) is 3.70. The van der Waals surface area contributed by atoms with Crippen LogP contribution in [0.5, 0.6) is 0 Å². The molecule has 2 rings (SSSR count). The summed E-state index contributed by atoms with van der Waals surface area (Å²) in [5.74, 6) is 2.38. The third kappa shape index (κ3) is 2.31. The zero-order chi connectivity index (χ0) is 12.3. The monoisotopic (exact) mass is 236 g/mol. The fourth-order valence-electron chi connectivity index (χ4n) is 3.09. The highest BCUT2D eigenvalue weighted by atomic mass is 16.5. The van der Waals surface area contributed by atoms with E-state index in [0.29, 0.717) is 12.6 Å². The van der Waals surface area contributed by atoms with Crippen molar-refractivity contribution in [3.8, 4) is 12.3 Å². The Bertz CT molecular complexity index is 337. The van der Waals surface area contributed by atoms with Crippen molar-refractivity contribution in [2.24, 2.45) is 0 Å². The molecule has 2 fully saturated rings. The van der Waals surface area contributed by atoms with Crippen LogP contribution >= 0.6 is 0 Å². The number of terminal acetylenes is 1. The van der Waals surface area contributed by atoms with Gasteiger partial charge in [-0.1, -0.05) is 5.92 Å². The molecule has 2 aliphatic rings. The normalized spacial score (nSPS) is 32.8. The molecular formula is C13H20N2O2. The van der Waals surface area contributed by atoms with Gasteiger partial charge in [-0.15, -0.1) is 6.42 Å². The second-order valence-electron chi connectivity index (χ2n) is 4.92. The number of carbonyl (C=O) groups is 1. The number of fused-ring (bicyclic) bond motifs is 1. The van der Waals surface area contributed by atoms with Crippen LogP contribution in [0.1, 0.15) is 25.7 Å². The standard InChI is InChI=1S/C13H20N2O2/c1-3-7-14-13(12(16)17-2)6-9-15-8-4-5-11(15)10-13/h1,11,14H,4-10H2,2H3. The van der Waals surface area contributed by atoms with Crippen LogP contribution in [-0.2, 0) is 9.53 Å². The van der Waals surface area contributed by atoms with Crippen molar-refractivity contribution in [2.45, 2.75) is 37.3 Å². The summed E-state index contributed by atoms with van der Waals surface area (Å²) in [6, 6.07) is 0.508. The van der Waals surface area contributed by atoms with E-state index in [1.807, 2.05) is 0 Å². The Labute approximate surface area is 103 Å². The Hall–Kier alpha value is -1.05. The number of nitrogens with zero attached hydrogens (tertiary/aromatic N) is 1. The van der Waals surface area contributed by atoms with E-state index >= 15 is 0 Å². The van der Waals surface area contributed by atoms with Crippen LogP contribution in [0.25, 0.3) is 0 Å². The molecule has 2 unspecified atom stereocenters. The van der Waals surface area contributed by atoms with Crippen molar-refractivity contribution in [3.63, 3.8) is 0 Å². The number of methoxy groups -OCH3 is 1. The summed E-state index contributed by atoms with van der Waals surface area (Å²) in [6.07, 6.45) is 9.30. The molecule has 2 atom stereocenters. The molecule has 94 valence electrons. The van der Waals surface area contributed by atoms with Gasteiger partial charge in [-0.05, 0) is 32.2 Å². The summed E-state index contributed by atoms with van der Waals surface area (Å²) >= 11 is 0. The fraction of sp³-hybridized carbons (Fsp3) is 0.769. The zero-order valence-electron chi connectivity index (χ0n) is 10.4. The lowest BCUT2D eigenvalue weighted by atomic mass is 9.83. The number of rotatable bonds is 3. The maximum absolute atomic E-state index is 12.0. The average molecular weight is 236 g/mol. The number of piperidine rings is 1. The van der Waals surface area contributed by atoms with Crippen molar-refractivity contribution in [2.75, 3.05) is 26.7 Å². The smallest absolute Gasteiger partial charge is 0.326 e. The largest absolute Gasteiger partial charge is 0.468 e. The minimum Gasteiger partial charge on any atom is -0.468 e. The topological polar surface area (TPSA) is 41.6 Å². The van der Waals surface area contributed by atoms with E-state index in [4.69, 9.17) is 11.2 Å². The first kappa shape index (κ1) is 12.4. The second-order valence-corrected chi connectivity index (χ2v) is 4.92. The van der Waals surface area contributed by atoms with E-state index in [2.05, 4.69) is 16.1 Å². The Morgan fingerprint density at radius 3 is 3.18 bits per heavy atom. The molecule has 0 aromatic heterocycles. The highest BCUT2D eigenvalue weighted by Gasteiger charge is 2.46. The van der Waals surface area contributed by atoms with Gasteiger partial charge in [0.2, 0.25) is 0 Å². The summed E-state index contributed by atoms with van der Waals surface area (Å²) in [6.45, 7) is 2.54. The first-order chi connectivity index (χ1) is 8.22. The molecule has 4 heteroatoms. The van der Waals surface area contributed by atoms with E-state index in [-0.39, 0.29) is 5.97 Å². The summed E-state index contributed by atoms with van der Waals surface area (Å²) < 4.78 is 4.95. The molecule has 0 aliphatic carbocycles. The molecule has 4 nitrogen and oxygen atoms in total. The molecule has 0 aromatic rings. The van der Waals surface area contributed by atoms with E-state index in [1.165, 1.54) is 20.0 Å². The van der Waals surface area contributed by atoms with Gasteiger partial charge >= 0.3 is 5.97 Å². The number of esters is 1. The van der Waals surface area contributed by atoms with Crippen LogP contribution in [-0.4, -0.2) is 49.2 Å². The minimum atomic E-state index is -0.563. The lowest BCUT2D eigenvalue weighted by Crippen LogP contribution is -2.60. The van der Waals surface area contributed by atoms with Crippen LogP contribution in [0.2, 0.25) is 0 Å². The van der Waals surface area contributed by atoms with Crippen LogP contribution in [0.15, 0.2) is 0 Å². The average Bonchev–Trinajstić information content (AvgIpc) is 2.82. The number of carbonyl (C=O) groups excluding carboxylic acids is 1. The van der Waals surface area contributed by atoms with Crippen LogP contribution < -0.4 is 5.32 Å². The van der Waals surface area contributed by atoms with Gasteiger partial charge in [-0.3, -0.25) is 10.1 Å². The summed E-state index contributed by atoms with van der Waals surface area (Å²) in [4.78, 5) is 14.5. The van der Waals surface area contributed by atoms with Gasteiger partial charge in [0.1, 0.15) is 5.54 Å². The molecule has 0 bridgehead atoms. The van der Waals surface area contributed by atoms with Crippen LogP contribution in [0.3, 0.4) is 0 Å². The lowest BCUT2D eigenvalue weighted by molar-refractivity contribution is -0.151. The van der Waals surface area contributed by atoms with Crippen molar-refractivity contribution in [3.05, 3.63) is 0 Å². The quantitative estimate of drug-likeness (QED) is 0.568. The third-order valence-corrected chi connectivity index (χ3v) is 4.01. The Morgan fingerprint density at radius 2 is 2.47 bits per heavy atom. The number of hydrogen-bond donors (Lipinski definition) is 1. The summed E-state index contributed by atoms with van der Waals surface area (Å²) in [7, 11) is 1.45. The van der Waals surface area contributed by atoms with Crippen LogP contribution in [0.4, 0.5) is 0 Å². The van der Waals surface area contributed by atoms with Gasteiger partial charge < -0.3 is 9.64 Å². The minimum absolute atomic E-state index is 0.167. The molecule has 2 heterocycles. The number of nitrogens with one attached hydrogen (secondary N) is 1. The molecule has 0 spiro atoms. The SMILES string of the molecule is C#CCNC1(C(=O)OC)CCN2CCCC2C1. The van der Waals surface area contributed by atoms with Crippen molar-refractivity contribution < 1.29 is 9.53 Å². The second kappa shape index (κ2) is 5.07. The lowest BCUT2D eigenvalue weighted by Gasteiger charge is -2.42. The maximum Gasteiger partial charge on any atom is 0.326 e. The van der Waals surface area contributed by atoms with Crippen molar-refractivity contribution >= 4 is 5.97 Å². The predicted octanol–water partition coefficient (Wildman–Crippen LogP) is 0.379. The highest BCUT2D eigenvalue weighted by Crippen LogP contribution is 2.33.